The van der Waals surface area contributed by atoms with E-state index >= 15 is 0 Å². The van der Waals surface area contributed by atoms with Crippen LogP contribution in [0.5, 0.6) is 0 Å². The second-order valence-electron chi connectivity index (χ2n) is 3.11. The normalized spacial score (nSPS) is 10.3. The summed E-state index contributed by atoms with van der Waals surface area (Å²) >= 11 is 6.75. The topological polar surface area (TPSA) is 46.1 Å². The van der Waals surface area contributed by atoms with Gasteiger partial charge in [-0.05, 0) is 31.8 Å². The Kier molecular flexibility index (Phi) is 4.98. The Hall–Kier alpha value is -0.680. The lowest BCUT2D eigenvalue weighted by molar-refractivity contribution is 0.0769. The molecule has 0 radical (unpaired) electrons. The molecule has 0 fully saturated rings. The molecule has 1 heterocycles. The predicted molar refractivity (Wildman–Crippen MR) is 61.6 cm³/mol. The highest BCUT2D eigenvalue weighted by atomic mass is 35.5. The summed E-state index contributed by atoms with van der Waals surface area (Å²) in [6.07, 6.45) is 0.812. The van der Waals surface area contributed by atoms with E-state index in [0.717, 1.165) is 18.0 Å². The molecule has 0 saturated heterocycles. The van der Waals surface area contributed by atoms with Crippen molar-refractivity contribution in [1.29, 1.82) is 0 Å². The quantitative estimate of drug-likeness (QED) is 0.747. The average molecular weight is 248 g/mol. The maximum Gasteiger partial charge on any atom is 0.267 e. The first-order valence-corrected chi connectivity index (χ1v) is 6.15. The zero-order valence-electron chi connectivity index (χ0n) is 8.86. The third kappa shape index (κ3) is 3.14. The molecule has 1 aromatic heterocycles. The molecule has 84 valence electrons. The number of nitrogens with zero attached hydrogens (tertiary/aromatic N) is 3. The highest BCUT2D eigenvalue weighted by Gasteiger charge is 2.18. The molecule has 1 rings (SSSR count). The molecule has 0 aliphatic heterocycles. The van der Waals surface area contributed by atoms with Crippen molar-refractivity contribution in [2.24, 2.45) is 0 Å². The van der Waals surface area contributed by atoms with Gasteiger partial charge in [-0.1, -0.05) is 4.49 Å². The minimum atomic E-state index is 0.00937. The van der Waals surface area contributed by atoms with E-state index in [1.165, 1.54) is 0 Å². The summed E-state index contributed by atoms with van der Waals surface area (Å²) in [5.74, 6) is 0.582. The van der Waals surface area contributed by atoms with Crippen LogP contribution in [0.2, 0.25) is 0 Å². The summed E-state index contributed by atoms with van der Waals surface area (Å²) < 4.78 is 3.76. The number of hydrogen-bond acceptors (Lipinski definition) is 4. The molecule has 0 atom stereocenters. The van der Waals surface area contributed by atoms with Crippen LogP contribution >= 0.6 is 23.1 Å². The first kappa shape index (κ1) is 12.4. The number of aromatic nitrogens is 2. The van der Waals surface area contributed by atoms with Crippen LogP contribution in [0.4, 0.5) is 0 Å². The molecule has 0 saturated carbocycles. The van der Waals surface area contributed by atoms with Gasteiger partial charge in [-0.3, -0.25) is 4.79 Å². The Balaban J connectivity index is 2.69. The van der Waals surface area contributed by atoms with E-state index in [1.54, 1.807) is 11.8 Å². The van der Waals surface area contributed by atoms with Crippen LogP contribution in [0.1, 0.15) is 28.7 Å². The van der Waals surface area contributed by atoms with Crippen molar-refractivity contribution >= 4 is 29.0 Å². The molecule has 0 unspecified atom stereocenters. The van der Waals surface area contributed by atoms with Crippen molar-refractivity contribution in [1.82, 2.24) is 14.5 Å². The maximum absolute atomic E-state index is 12.0. The van der Waals surface area contributed by atoms with Gasteiger partial charge in [0.2, 0.25) is 0 Å². The van der Waals surface area contributed by atoms with E-state index in [4.69, 9.17) is 11.6 Å². The van der Waals surface area contributed by atoms with Gasteiger partial charge < -0.3 is 4.90 Å². The van der Waals surface area contributed by atoms with E-state index in [9.17, 15) is 4.79 Å². The number of aryl methyl sites for hydroxylation is 1. The SMILES string of the molecule is CCN(CCCCl)C(=O)c1snnc1C. The standard InChI is InChI=1S/C9H14ClN3OS/c1-3-13(6-4-5-10)9(14)8-7(2)11-12-15-8/h3-6H2,1-2H3. The van der Waals surface area contributed by atoms with Crippen LogP contribution in [0, 0.1) is 6.92 Å². The Morgan fingerprint density at radius 3 is 2.80 bits per heavy atom. The minimum absolute atomic E-state index is 0.00937. The lowest BCUT2D eigenvalue weighted by atomic mass is 10.3. The molecule has 0 bridgehead atoms. The van der Waals surface area contributed by atoms with Crippen molar-refractivity contribution in [2.45, 2.75) is 20.3 Å². The minimum Gasteiger partial charge on any atom is -0.338 e. The van der Waals surface area contributed by atoms with Gasteiger partial charge >= 0.3 is 0 Å². The van der Waals surface area contributed by atoms with Crippen molar-refractivity contribution in [3.8, 4) is 0 Å². The predicted octanol–water partition coefficient (Wildman–Crippen LogP) is 1.94. The summed E-state index contributed by atoms with van der Waals surface area (Å²) in [7, 11) is 0. The molecule has 4 nitrogen and oxygen atoms in total. The molecule has 0 aliphatic carbocycles. The van der Waals surface area contributed by atoms with Crippen molar-refractivity contribution < 1.29 is 4.79 Å². The first-order valence-electron chi connectivity index (χ1n) is 4.84. The third-order valence-electron chi connectivity index (χ3n) is 2.08. The van der Waals surface area contributed by atoms with Crippen LogP contribution in [0.3, 0.4) is 0 Å². The van der Waals surface area contributed by atoms with Crippen LogP contribution < -0.4 is 0 Å². The van der Waals surface area contributed by atoms with E-state index in [-0.39, 0.29) is 5.91 Å². The van der Waals surface area contributed by atoms with E-state index in [2.05, 4.69) is 9.59 Å². The van der Waals surface area contributed by atoms with Gasteiger partial charge in [-0.15, -0.1) is 16.7 Å². The summed E-state index contributed by atoms with van der Waals surface area (Å²) in [6.45, 7) is 5.13. The Morgan fingerprint density at radius 2 is 2.33 bits per heavy atom. The van der Waals surface area contributed by atoms with Crippen LogP contribution in [-0.4, -0.2) is 39.4 Å². The highest BCUT2D eigenvalue weighted by Crippen LogP contribution is 2.12. The molecule has 1 amide bonds. The van der Waals surface area contributed by atoms with E-state index in [0.29, 0.717) is 29.5 Å². The van der Waals surface area contributed by atoms with E-state index < -0.39 is 0 Å². The highest BCUT2D eigenvalue weighted by molar-refractivity contribution is 7.07. The molecule has 0 N–H and O–H groups in total. The average Bonchev–Trinajstić information content (AvgIpc) is 2.65. The zero-order valence-corrected chi connectivity index (χ0v) is 10.4. The molecule has 0 aromatic carbocycles. The van der Waals surface area contributed by atoms with Crippen LogP contribution in [0.15, 0.2) is 0 Å². The van der Waals surface area contributed by atoms with Gasteiger partial charge in [0.05, 0.1) is 5.69 Å². The van der Waals surface area contributed by atoms with Gasteiger partial charge in [0, 0.05) is 19.0 Å². The lowest BCUT2D eigenvalue weighted by Crippen LogP contribution is -2.31. The fourth-order valence-corrected chi connectivity index (χ4v) is 1.97. The van der Waals surface area contributed by atoms with Crippen LogP contribution in [0.25, 0.3) is 0 Å². The molecule has 0 aliphatic rings. The second-order valence-corrected chi connectivity index (χ2v) is 4.25. The van der Waals surface area contributed by atoms with E-state index in [1.807, 2.05) is 6.92 Å². The van der Waals surface area contributed by atoms with Gasteiger partial charge in [-0.25, -0.2) is 0 Å². The van der Waals surface area contributed by atoms with Gasteiger partial charge in [0.1, 0.15) is 4.88 Å². The smallest absolute Gasteiger partial charge is 0.267 e. The number of rotatable bonds is 5. The van der Waals surface area contributed by atoms with Crippen molar-refractivity contribution in [3.05, 3.63) is 10.6 Å². The van der Waals surface area contributed by atoms with Gasteiger partial charge in [0.25, 0.3) is 5.91 Å². The summed E-state index contributed by atoms with van der Waals surface area (Å²) in [5.41, 5.74) is 0.703. The largest absolute Gasteiger partial charge is 0.338 e. The number of alkyl halides is 1. The number of hydrogen-bond donors (Lipinski definition) is 0. The summed E-state index contributed by atoms with van der Waals surface area (Å²) in [4.78, 5) is 14.4. The Bertz CT molecular complexity index is 329. The molecule has 15 heavy (non-hydrogen) atoms. The molecule has 0 spiro atoms. The zero-order chi connectivity index (χ0) is 11.3. The molecular weight excluding hydrogens is 234 g/mol. The molecule has 1 aromatic rings. The number of halogens is 1. The fourth-order valence-electron chi connectivity index (χ4n) is 1.23. The first-order chi connectivity index (χ1) is 7.20. The number of amides is 1. The number of carbonyl (C=O) groups excluding carboxylic acids is 1. The van der Waals surface area contributed by atoms with Gasteiger partial charge in [-0.2, -0.15) is 0 Å². The third-order valence-corrected chi connectivity index (χ3v) is 3.16. The summed E-state index contributed by atoms with van der Waals surface area (Å²) in [6, 6.07) is 0. The molecule has 6 heteroatoms. The maximum atomic E-state index is 12.0. The Labute approximate surface area is 98.4 Å². The molecular formula is C9H14ClN3OS. The van der Waals surface area contributed by atoms with Crippen molar-refractivity contribution in [3.63, 3.8) is 0 Å². The fraction of sp³-hybridized carbons (Fsp3) is 0.667. The number of carbonyl (C=O) groups is 1. The second kappa shape index (κ2) is 6.02. The van der Waals surface area contributed by atoms with Gasteiger partial charge in [0.15, 0.2) is 0 Å². The van der Waals surface area contributed by atoms with Crippen LogP contribution in [-0.2, 0) is 0 Å². The Morgan fingerprint density at radius 1 is 1.60 bits per heavy atom. The summed E-state index contributed by atoms with van der Waals surface area (Å²) in [5, 5.41) is 3.83. The lowest BCUT2D eigenvalue weighted by Gasteiger charge is -2.19. The van der Waals surface area contributed by atoms with Crippen molar-refractivity contribution in [2.75, 3.05) is 19.0 Å². The monoisotopic (exact) mass is 247 g/mol.